The molecule has 0 saturated carbocycles. The molecule has 0 saturated heterocycles. The van der Waals surface area contributed by atoms with Gasteiger partial charge in [-0.1, -0.05) is 36.4 Å². The lowest BCUT2D eigenvalue weighted by molar-refractivity contribution is -0.640. The third kappa shape index (κ3) is 1.53. The van der Waals surface area contributed by atoms with Crippen molar-refractivity contribution >= 4 is 32.6 Å². The summed E-state index contributed by atoms with van der Waals surface area (Å²) in [6, 6.07) is 24.0. The van der Waals surface area contributed by atoms with Gasteiger partial charge in [-0.05, 0) is 36.6 Å². The van der Waals surface area contributed by atoms with Crippen LogP contribution in [0.2, 0.25) is 0 Å². The van der Waals surface area contributed by atoms with Gasteiger partial charge in [-0.3, -0.25) is 0 Å². The fourth-order valence-corrected chi connectivity index (χ4v) is 3.16. The number of hydrogen-bond donors (Lipinski definition) is 0. The predicted molar refractivity (Wildman–Crippen MR) is 84.8 cm³/mol. The normalized spacial score (nSPS) is 11.4. The Morgan fingerprint density at radius 1 is 0.750 bits per heavy atom. The molecule has 0 atom stereocenters. The highest BCUT2D eigenvalue weighted by Gasteiger charge is 2.15. The van der Waals surface area contributed by atoms with Crippen LogP contribution >= 0.6 is 0 Å². The van der Waals surface area contributed by atoms with Gasteiger partial charge in [0.05, 0.1) is 5.39 Å². The minimum absolute atomic E-state index is 0.978. The molecule has 0 aliphatic carbocycles. The van der Waals surface area contributed by atoms with Gasteiger partial charge in [0.2, 0.25) is 11.0 Å². The van der Waals surface area contributed by atoms with Gasteiger partial charge in [-0.25, -0.2) is 0 Å². The Kier molecular flexibility index (Phi) is 2.46. The van der Waals surface area contributed by atoms with E-state index in [1.807, 2.05) is 0 Å². The summed E-state index contributed by atoms with van der Waals surface area (Å²) in [5.41, 5.74) is 2.64. The molecule has 0 fully saturated rings. The minimum Gasteiger partial charge on any atom is -0.191 e. The van der Waals surface area contributed by atoms with Crippen LogP contribution in [-0.4, -0.2) is 0 Å². The second-order valence-electron chi connectivity index (χ2n) is 5.17. The first kappa shape index (κ1) is 11.4. The van der Waals surface area contributed by atoms with E-state index in [0.29, 0.717) is 0 Å². The van der Waals surface area contributed by atoms with Gasteiger partial charge in [0.1, 0.15) is 6.54 Å². The highest BCUT2D eigenvalue weighted by atomic mass is 15.0. The SMILES string of the molecule is CC[n+]1c2ccccc2cc2ccc3ccccc3c21. The number of fused-ring (bicyclic) bond motifs is 4. The molecule has 0 aliphatic rings. The summed E-state index contributed by atoms with van der Waals surface area (Å²) in [6.45, 7) is 3.19. The predicted octanol–water partition coefficient (Wildman–Crippen LogP) is 4.45. The van der Waals surface area contributed by atoms with E-state index in [4.69, 9.17) is 0 Å². The van der Waals surface area contributed by atoms with Crippen molar-refractivity contribution in [3.05, 3.63) is 66.7 Å². The molecule has 4 aromatic rings. The van der Waals surface area contributed by atoms with E-state index in [9.17, 15) is 0 Å². The highest BCUT2D eigenvalue weighted by molar-refractivity contribution is 6.05. The first-order valence-electron chi connectivity index (χ1n) is 7.11. The maximum Gasteiger partial charge on any atom is 0.220 e. The van der Waals surface area contributed by atoms with Crippen molar-refractivity contribution in [2.45, 2.75) is 13.5 Å². The fourth-order valence-electron chi connectivity index (χ4n) is 3.16. The Balaban J connectivity index is 2.33. The average Bonchev–Trinajstić information content (AvgIpc) is 2.52. The van der Waals surface area contributed by atoms with Crippen molar-refractivity contribution < 1.29 is 4.57 Å². The van der Waals surface area contributed by atoms with Gasteiger partial charge >= 0.3 is 0 Å². The molecule has 96 valence electrons. The van der Waals surface area contributed by atoms with Crippen molar-refractivity contribution in [2.24, 2.45) is 0 Å². The number of aromatic nitrogens is 1. The maximum atomic E-state index is 2.42. The van der Waals surface area contributed by atoms with Crippen molar-refractivity contribution in [3.8, 4) is 0 Å². The number of rotatable bonds is 1. The molecule has 0 N–H and O–H groups in total. The number of para-hydroxylation sites is 1. The summed E-state index contributed by atoms with van der Waals surface area (Å²) < 4.78 is 2.42. The second kappa shape index (κ2) is 4.31. The van der Waals surface area contributed by atoms with Crippen LogP contribution in [0.5, 0.6) is 0 Å². The Morgan fingerprint density at radius 3 is 2.30 bits per heavy atom. The molecule has 0 spiro atoms. The van der Waals surface area contributed by atoms with E-state index >= 15 is 0 Å². The third-order valence-corrected chi connectivity index (χ3v) is 4.06. The molecule has 3 aromatic carbocycles. The zero-order valence-corrected chi connectivity index (χ0v) is 11.5. The van der Waals surface area contributed by atoms with E-state index in [-0.39, 0.29) is 0 Å². The Morgan fingerprint density at radius 2 is 1.45 bits per heavy atom. The number of benzene rings is 3. The Hall–Kier alpha value is -2.41. The van der Waals surface area contributed by atoms with Crippen LogP contribution in [-0.2, 0) is 6.54 Å². The van der Waals surface area contributed by atoms with Crippen LogP contribution in [0.25, 0.3) is 32.6 Å². The molecule has 0 unspecified atom stereocenters. The van der Waals surface area contributed by atoms with Gasteiger partial charge in [-0.2, -0.15) is 4.57 Å². The largest absolute Gasteiger partial charge is 0.220 e. The van der Waals surface area contributed by atoms with Crippen LogP contribution in [0.1, 0.15) is 6.92 Å². The van der Waals surface area contributed by atoms with E-state index in [0.717, 1.165) is 6.54 Å². The number of pyridine rings is 1. The number of aryl methyl sites for hydroxylation is 1. The smallest absolute Gasteiger partial charge is 0.191 e. The van der Waals surface area contributed by atoms with Crippen LogP contribution in [0, 0.1) is 0 Å². The summed E-state index contributed by atoms with van der Waals surface area (Å²) in [5, 5.41) is 5.25. The number of hydrogen-bond acceptors (Lipinski definition) is 0. The summed E-state index contributed by atoms with van der Waals surface area (Å²) in [6.07, 6.45) is 0. The lowest BCUT2D eigenvalue weighted by atomic mass is 10.0. The lowest BCUT2D eigenvalue weighted by Gasteiger charge is -2.07. The molecule has 4 rings (SSSR count). The monoisotopic (exact) mass is 258 g/mol. The first-order valence-corrected chi connectivity index (χ1v) is 7.11. The second-order valence-corrected chi connectivity index (χ2v) is 5.17. The van der Waals surface area contributed by atoms with Crippen LogP contribution in [0.4, 0.5) is 0 Å². The fraction of sp³-hybridized carbons (Fsp3) is 0.105. The Bertz CT molecular complexity index is 938. The molecule has 1 nitrogen and oxygen atoms in total. The molecule has 1 heterocycles. The minimum atomic E-state index is 0.978. The van der Waals surface area contributed by atoms with Gasteiger partial charge < -0.3 is 0 Å². The van der Waals surface area contributed by atoms with Crippen molar-refractivity contribution in [1.29, 1.82) is 0 Å². The first-order chi connectivity index (χ1) is 9.88. The van der Waals surface area contributed by atoms with Crippen LogP contribution < -0.4 is 4.57 Å². The zero-order chi connectivity index (χ0) is 13.5. The standard InChI is InChI=1S/C19H16N/c1-2-20-18-10-6-4-8-15(18)13-16-12-11-14-7-3-5-9-17(14)19(16)20/h3-13H,2H2,1H3/q+1. The molecule has 0 radical (unpaired) electrons. The summed E-state index contributed by atoms with van der Waals surface area (Å²) in [5.74, 6) is 0. The van der Waals surface area contributed by atoms with Gasteiger partial charge in [-0.15, -0.1) is 0 Å². The molecule has 1 aromatic heterocycles. The highest BCUT2D eigenvalue weighted by Crippen LogP contribution is 2.25. The molecule has 0 aliphatic heterocycles. The topological polar surface area (TPSA) is 3.88 Å². The lowest BCUT2D eigenvalue weighted by Crippen LogP contribution is -2.34. The summed E-state index contributed by atoms with van der Waals surface area (Å²) in [4.78, 5) is 0. The van der Waals surface area contributed by atoms with E-state index < -0.39 is 0 Å². The summed E-state index contributed by atoms with van der Waals surface area (Å²) in [7, 11) is 0. The van der Waals surface area contributed by atoms with Crippen LogP contribution in [0.3, 0.4) is 0 Å². The molecular weight excluding hydrogens is 242 g/mol. The Labute approximate surface area is 118 Å². The van der Waals surface area contributed by atoms with E-state index in [2.05, 4.69) is 78.2 Å². The van der Waals surface area contributed by atoms with Gasteiger partial charge in [0.15, 0.2) is 0 Å². The van der Waals surface area contributed by atoms with Gasteiger partial charge in [0, 0.05) is 16.8 Å². The zero-order valence-electron chi connectivity index (χ0n) is 11.5. The molecule has 0 bridgehead atoms. The third-order valence-electron chi connectivity index (χ3n) is 4.06. The number of nitrogens with zero attached hydrogens (tertiary/aromatic N) is 1. The summed E-state index contributed by atoms with van der Waals surface area (Å²) >= 11 is 0. The molecule has 1 heteroatoms. The van der Waals surface area contributed by atoms with Gasteiger partial charge in [0.25, 0.3) is 0 Å². The molecular formula is C19H16N+. The molecule has 0 amide bonds. The quantitative estimate of drug-likeness (QED) is 0.270. The van der Waals surface area contributed by atoms with E-state index in [1.54, 1.807) is 0 Å². The average molecular weight is 258 g/mol. The van der Waals surface area contributed by atoms with Crippen molar-refractivity contribution in [1.82, 2.24) is 0 Å². The molecule has 20 heavy (non-hydrogen) atoms. The van der Waals surface area contributed by atoms with E-state index in [1.165, 1.54) is 32.6 Å². The van der Waals surface area contributed by atoms with Crippen molar-refractivity contribution in [3.63, 3.8) is 0 Å². The van der Waals surface area contributed by atoms with Crippen molar-refractivity contribution in [2.75, 3.05) is 0 Å². The van der Waals surface area contributed by atoms with Crippen LogP contribution in [0.15, 0.2) is 66.7 Å². The maximum absolute atomic E-state index is 2.42.